The van der Waals surface area contributed by atoms with Crippen LogP contribution in [-0.4, -0.2) is 46.9 Å². The number of aromatic nitrogens is 2. The summed E-state index contributed by atoms with van der Waals surface area (Å²) in [6.45, 7) is 2.85. The average molecular weight is 524 g/mol. The van der Waals surface area contributed by atoms with Gasteiger partial charge in [-0.1, -0.05) is 12.5 Å². The number of guanidine groups is 1. The fourth-order valence-corrected chi connectivity index (χ4v) is 4.13. The summed E-state index contributed by atoms with van der Waals surface area (Å²) >= 11 is 0. The standard InChI is InChI=1S/C22H32N6O.HI/c1-15-5-4-12-28-14-19(25-20(15)28)10-11-24-22(23-2)27-18-7-3-6-16(13-18)21(29)26-17-8-9-17;/h4-5,12,14,16-18H,3,6-11,13H2,1-2H3,(H,26,29)(H2,23,24,27);1H. The Bertz CT molecular complexity index is 891. The van der Waals surface area contributed by atoms with Gasteiger partial charge in [-0.25, -0.2) is 4.98 Å². The van der Waals surface area contributed by atoms with Crippen LogP contribution in [0, 0.1) is 12.8 Å². The fourth-order valence-electron chi connectivity index (χ4n) is 4.13. The van der Waals surface area contributed by atoms with Crippen molar-refractivity contribution in [1.82, 2.24) is 25.3 Å². The minimum atomic E-state index is 0. The maximum absolute atomic E-state index is 12.4. The quantitative estimate of drug-likeness (QED) is 0.309. The Morgan fingerprint density at radius 1 is 1.23 bits per heavy atom. The Hall–Kier alpha value is -1.84. The molecule has 0 spiro atoms. The lowest BCUT2D eigenvalue weighted by atomic mass is 9.85. The van der Waals surface area contributed by atoms with E-state index in [0.29, 0.717) is 12.1 Å². The van der Waals surface area contributed by atoms with Gasteiger partial charge in [0, 0.05) is 50.4 Å². The molecule has 30 heavy (non-hydrogen) atoms. The van der Waals surface area contributed by atoms with E-state index in [0.717, 1.165) is 68.8 Å². The number of carbonyl (C=O) groups excluding carboxylic acids is 1. The number of aliphatic imine (C=N–C) groups is 1. The number of fused-ring (bicyclic) bond motifs is 1. The van der Waals surface area contributed by atoms with Gasteiger partial charge in [-0.2, -0.15) is 0 Å². The van der Waals surface area contributed by atoms with E-state index in [2.05, 4.69) is 44.5 Å². The number of hydrogen-bond donors (Lipinski definition) is 3. The number of amides is 1. The molecule has 0 radical (unpaired) electrons. The highest BCUT2D eigenvalue weighted by molar-refractivity contribution is 14.0. The molecule has 2 fully saturated rings. The van der Waals surface area contributed by atoms with Gasteiger partial charge in [0.15, 0.2) is 5.96 Å². The van der Waals surface area contributed by atoms with E-state index < -0.39 is 0 Å². The predicted octanol–water partition coefficient (Wildman–Crippen LogP) is 2.81. The van der Waals surface area contributed by atoms with Crippen LogP contribution < -0.4 is 16.0 Å². The van der Waals surface area contributed by atoms with Gasteiger partial charge in [0.05, 0.1) is 5.69 Å². The van der Waals surface area contributed by atoms with E-state index in [1.807, 2.05) is 12.3 Å². The SMILES string of the molecule is CN=C(NCCc1cn2cccc(C)c2n1)NC1CCCC(C(=O)NC2CC2)C1.I. The summed E-state index contributed by atoms with van der Waals surface area (Å²) in [5.41, 5.74) is 3.27. The molecular formula is C22H33IN6O. The van der Waals surface area contributed by atoms with E-state index in [-0.39, 0.29) is 35.8 Å². The normalized spacial score (nSPS) is 21.7. The number of halogens is 1. The monoisotopic (exact) mass is 524 g/mol. The van der Waals surface area contributed by atoms with Crippen molar-refractivity contribution in [1.29, 1.82) is 0 Å². The van der Waals surface area contributed by atoms with Gasteiger partial charge >= 0.3 is 0 Å². The van der Waals surface area contributed by atoms with Gasteiger partial charge in [0.25, 0.3) is 0 Å². The van der Waals surface area contributed by atoms with Gasteiger partial charge in [0.2, 0.25) is 5.91 Å². The molecule has 0 aliphatic heterocycles. The second-order valence-electron chi connectivity index (χ2n) is 8.39. The van der Waals surface area contributed by atoms with Crippen molar-refractivity contribution in [3.63, 3.8) is 0 Å². The summed E-state index contributed by atoms with van der Waals surface area (Å²) in [5.74, 6) is 1.17. The lowest BCUT2D eigenvalue weighted by Gasteiger charge is -2.30. The van der Waals surface area contributed by atoms with Gasteiger partial charge in [0.1, 0.15) is 5.65 Å². The summed E-state index contributed by atoms with van der Waals surface area (Å²) in [6, 6.07) is 4.86. The first-order chi connectivity index (χ1) is 14.1. The summed E-state index contributed by atoms with van der Waals surface area (Å²) < 4.78 is 2.08. The van der Waals surface area contributed by atoms with Crippen molar-refractivity contribution < 1.29 is 4.79 Å². The number of carbonyl (C=O) groups is 1. The zero-order valence-electron chi connectivity index (χ0n) is 17.9. The van der Waals surface area contributed by atoms with E-state index in [1.54, 1.807) is 7.05 Å². The predicted molar refractivity (Wildman–Crippen MR) is 130 cm³/mol. The van der Waals surface area contributed by atoms with Gasteiger partial charge in [-0.15, -0.1) is 24.0 Å². The molecule has 0 saturated heterocycles. The maximum Gasteiger partial charge on any atom is 0.223 e. The van der Waals surface area contributed by atoms with Gasteiger partial charge in [-0.3, -0.25) is 9.79 Å². The third-order valence-corrected chi connectivity index (χ3v) is 5.93. The lowest BCUT2D eigenvalue weighted by Crippen LogP contribution is -2.47. The molecule has 164 valence electrons. The highest BCUT2D eigenvalue weighted by Gasteiger charge is 2.31. The molecule has 2 unspecified atom stereocenters. The molecule has 1 amide bonds. The first kappa shape index (κ1) is 22.8. The number of aryl methyl sites for hydroxylation is 1. The highest BCUT2D eigenvalue weighted by Crippen LogP contribution is 2.26. The van der Waals surface area contributed by atoms with E-state index in [4.69, 9.17) is 4.98 Å². The van der Waals surface area contributed by atoms with Crippen LogP contribution in [0.1, 0.15) is 49.8 Å². The number of hydrogen-bond acceptors (Lipinski definition) is 3. The Morgan fingerprint density at radius 3 is 2.80 bits per heavy atom. The van der Waals surface area contributed by atoms with Crippen LogP contribution >= 0.6 is 24.0 Å². The average Bonchev–Trinajstić information content (AvgIpc) is 3.43. The zero-order valence-corrected chi connectivity index (χ0v) is 20.2. The topological polar surface area (TPSA) is 82.8 Å². The summed E-state index contributed by atoms with van der Waals surface area (Å²) in [4.78, 5) is 21.5. The smallest absolute Gasteiger partial charge is 0.223 e. The first-order valence-corrected chi connectivity index (χ1v) is 10.8. The Labute approximate surface area is 195 Å². The third kappa shape index (κ3) is 5.86. The number of pyridine rings is 1. The van der Waals surface area contributed by atoms with Gasteiger partial charge < -0.3 is 20.4 Å². The molecular weight excluding hydrogens is 491 g/mol. The molecule has 7 nitrogen and oxygen atoms in total. The van der Waals surface area contributed by atoms with Crippen molar-refractivity contribution in [2.45, 2.75) is 64.0 Å². The summed E-state index contributed by atoms with van der Waals surface area (Å²) in [6.07, 6.45) is 11.3. The molecule has 0 bridgehead atoms. The molecule has 2 aliphatic rings. The maximum atomic E-state index is 12.4. The van der Waals surface area contributed by atoms with Crippen LogP contribution in [0.4, 0.5) is 0 Å². The van der Waals surface area contributed by atoms with Crippen LogP contribution in [0.2, 0.25) is 0 Å². The molecule has 2 aromatic heterocycles. The minimum Gasteiger partial charge on any atom is -0.356 e. The molecule has 2 atom stereocenters. The lowest BCUT2D eigenvalue weighted by molar-refractivity contribution is -0.126. The minimum absolute atomic E-state index is 0. The largest absolute Gasteiger partial charge is 0.356 e. The van der Waals surface area contributed by atoms with E-state index >= 15 is 0 Å². The summed E-state index contributed by atoms with van der Waals surface area (Å²) in [7, 11) is 1.80. The third-order valence-electron chi connectivity index (χ3n) is 5.93. The Balaban J connectivity index is 0.00000256. The molecule has 2 aliphatic carbocycles. The number of rotatable bonds is 6. The van der Waals surface area contributed by atoms with Crippen molar-refractivity contribution >= 4 is 41.5 Å². The molecule has 4 rings (SSSR count). The zero-order chi connectivity index (χ0) is 20.2. The van der Waals surface area contributed by atoms with Crippen LogP contribution in [0.25, 0.3) is 5.65 Å². The van der Waals surface area contributed by atoms with Crippen molar-refractivity contribution in [2.75, 3.05) is 13.6 Å². The Morgan fingerprint density at radius 2 is 2.07 bits per heavy atom. The number of nitrogens with zero attached hydrogens (tertiary/aromatic N) is 3. The molecule has 8 heteroatoms. The fraction of sp³-hybridized carbons (Fsp3) is 0.591. The molecule has 2 aromatic rings. The molecule has 3 N–H and O–H groups in total. The number of imidazole rings is 1. The van der Waals surface area contributed by atoms with Crippen LogP contribution in [0.5, 0.6) is 0 Å². The second-order valence-corrected chi connectivity index (χ2v) is 8.39. The Kier molecular flexibility index (Phi) is 7.96. The molecule has 2 heterocycles. The van der Waals surface area contributed by atoms with Crippen molar-refractivity contribution in [2.24, 2.45) is 10.9 Å². The van der Waals surface area contributed by atoms with Crippen LogP contribution in [0.15, 0.2) is 29.5 Å². The van der Waals surface area contributed by atoms with Gasteiger partial charge in [-0.05, 0) is 50.7 Å². The van der Waals surface area contributed by atoms with Crippen molar-refractivity contribution in [3.8, 4) is 0 Å². The van der Waals surface area contributed by atoms with E-state index in [1.165, 1.54) is 5.56 Å². The molecule has 0 aromatic carbocycles. The second kappa shape index (κ2) is 10.5. The summed E-state index contributed by atoms with van der Waals surface area (Å²) in [5, 5.41) is 10.1. The highest BCUT2D eigenvalue weighted by atomic mass is 127. The first-order valence-electron chi connectivity index (χ1n) is 10.8. The molecule has 2 saturated carbocycles. The van der Waals surface area contributed by atoms with Crippen LogP contribution in [0.3, 0.4) is 0 Å². The van der Waals surface area contributed by atoms with E-state index in [9.17, 15) is 4.79 Å². The van der Waals surface area contributed by atoms with Crippen molar-refractivity contribution in [3.05, 3.63) is 35.8 Å². The number of nitrogens with one attached hydrogen (secondary N) is 3. The van der Waals surface area contributed by atoms with Crippen LogP contribution in [-0.2, 0) is 11.2 Å².